The molecule has 0 atom stereocenters. The number of hydrogen-bond donors (Lipinski definition) is 6. The zero-order valence-corrected chi connectivity index (χ0v) is 40.7. The van der Waals surface area contributed by atoms with E-state index in [2.05, 4.69) is 70.3 Å². The van der Waals surface area contributed by atoms with Crippen LogP contribution in [-0.4, -0.2) is 124 Å². The number of halogens is 2. The Morgan fingerprint density at radius 1 is 0.579 bits per heavy atom. The van der Waals surface area contributed by atoms with Gasteiger partial charge in [-0.05, 0) is 49.2 Å². The topological polar surface area (TPSA) is 342 Å². The Morgan fingerprint density at radius 2 is 1.09 bits per heavy atom. The van der Waals surface area contributed by atoms with Crippen molar-refractivity contribution in [3.8, 4) is 33.8 Å². The van der Waals surface area contributed by atoms with Crippen LogP contribution in [0.2, 0.25) is 0 Å². The van der Waals surface area contributed by atoms with Gasteiger partial charge < -0.3 is 47.5 Å². The summed E-state index contributed by atoms with van der Waals surface area (Å²) < 4.78 is 37.8. The molecule has 26 heteroatoms. The molecule has 76 heavy (non-hydrogen) atoms. The molecule has 2 amide bonds. The van der Waals surface area contributed by atoms with Crippen molar-refractivity contribution < 1.29 is 27.8 Å². The van der Waals surface area contributed by atoms with Crippen molar-refractivity contribution in [2.45, 2.75) is 19.8 Å². The second kappa shape index (κ2) is 21.9. The first-order valence-electron chi connectivity index (χ1n) is 23.9. The van der Waals surface area contributed by atoms with Gasteiger partial charge in [0, 0.05) is 67.1 Å². The predicted octanol–water partition coefficient (Wildman–Crippen LogP) is 4.85. The number of ether oxygens (including phenoxy) is 2. The molecule has 0 radical (unpaired) electrons. The van der Waals surface area contributed by atoms with Gasteiger partial charge in [-0.1, -0.05) is 30.3 Å². The van der Waals surface area contributed by atoms with Crippen molar-refractivity contribution in [3.63, 3.8) is 0 Å². The van der Waals surface area contributed by atoms with Gasteiger partial charge in [-0.3, -0.25) is 14.9 Å². The van der Waals surface area contributed by atoms with Crippen LogP contribution in [0.5, 0.6) is 0 Å². The summed E-state index contributed by atoms with van der Waals surface area (Å²) in [7, 11) is 0. The Bertz CT molecular complexity index is 3620. The molecule has 24 nitrogen and oxygen atoms in total. The number of nitrogens with one attached hydrogen (secondary N) is 2. The average Bonchev–Trinajstić information content (AvgIpc) is 4.29. The third-order valence-corrected chi connectivity index (χ3v) is 12.0. The van der Waals surface area contributed by atoms with Crippen molar-refractivity contribution >= 4 is 92.0 Å². The molecule has 10 N–H and O–H groups in total. The van der Waals surface area contributed by atoms with E-state index in [0.29, 0.717) is 104 Å². The van der Waals surface area contributed by atoms with Gasteiger partial charge in [0.25, 0.3) is 0 Å². The van der Waals surface area contributed by atoms with Crippen LogP contribution in [0, 0.1) is 17.6 Å². The number of morpholine rings is 2. The van der Waals surface area contributed by atoms with Crippen LogP contribution in [0.1, 0.15) is 19.8 Å². The lowest BCUT2D eigenvalue weighted by atomic mass is 10.1. The van der Waals surface area contributed by atoms with Crippen molar-refractivity contribution in [1.82, 2.24) is 59.8 Å². The Kier molecular flexibility index (Phi) is 14.4. The van der Waals surface area contributed by atoms with E-state index >= 15 is 0 Å². The number of fused-ring (bicyclic) bond motifs is 3. The number of nitrogens with zero attached hydrogens (tertiary/aromatic N) is 14. The van der Waals surface area contributed by atoms with Gasteiger partial charge in [0.1, 0.15) is 0 Å². The quantitative estimate of drug-likeness (QED) is 0.111. The monoisotopic (exact) mass is 1030 g/mol. The molecule has 3 fully saturated rings. The minimum absolute atomic E-state index is 0.0179. The van der Waals surface area contributed by atoms with Gasteiger partial charge in [0.2, 0.25) is 29.7 Å². The molecule has 8 heterocycles. The highest BCUT2D eigenvalue weighted by Crippen LogP contribution is 2.32. The molecule has 9 aromatic rings. The molecule has 6 aromatic heterocycles. The number of hydrogen-bond acceptors (Lipinski definition) is 22. The molecule has 0 unspecified atom stereocenters. The maximum Gasteiger partial charge on any atom is 0.233 e. The second-order valence-corrected chi connectivity index (χ2v) is 17.5. The Morgan fingerprint density at radius 3 is 1.67 bits per heavy atom. The summed E-state index contributed by atoms with van der Waals surface area (Å²) in [5.74, 6) is -0.248. The van der Waals surface area contributed by atoms with Gasteiger partial charge >= 0.3 is 0 Å². The van der Waals surface area contributed by atoms with Gasteiger partial charge in [-0.15, -0.1) is 0 Å². The van der Waals surface area contributed by atoms with E-state index in [1.807, 2.05) is 48.5 Å². The van der Waals surface area contributed by atoms with E-state index in [9.17, 15) is 18.4 Å². The molecule has 2 saturated heterocycles. The number of benzene rings is 3. The fourth-order valence-electron chi connectivity index (χ4n) is 8.03. The number of carbonyl (C=O) groups excluding carboxylic acids is 2. The van der Waals surface area contributed by atoms with Gasteiger partial charge in [0.15, 0.2) is 62.6 Å². The van der Waals surface area contributed by atoms with E-state index in [0.717, 1.165) is 35.7 Å². The fourth-order valence-corrected chi connectivity index (χ4v) is 8.03. The number of anilines is 8. The average molecular weight is 1030 g/mol. The van der Waals surface area contributed by atoms with Crippen molar-refractivity contribution in [2.24, 2.45) is 5.92 Å². The zero-order valence-electron chi connectivity index (χ0n) is 40.7. The van der Waals surface area contributed by atoms with Crippen molar-refractivity contribution in [3.05, 3.63) is 97.0 Å². The SMILES string of the molecule is CC(=O)Nc1nc(N2CCOCC2)c2nc(-c3ccc(N)cc3)cnc2n1.Nc1nc(N)c2nc(-c3cccc(F)c3F)cnc2n1.Nc1nc(N2CCOCC2)c2nc(-c3ccc(NC(=O)C4CC4)cc3)cnc2n1. The second-order valence-electron chi connectivity index (χ2n) is 17.5. The number of nitrogen functional groups attached to an aromatic ring is 4. The van der Waals surface area contributed by atoms with E-state index in [1.54, 1.807) is 12.4 Å². The van der Waals surface area contributed by atoms with Gasteiger partial charge in [-0.25, -0.2) is 38.7 Å². The number of rotatable bonds is 8. The van der Waals surface area contributed by atoms with Crippen LogP contribution in [0.3, 0.4) is 0 Å². The first-order chi connectivity index (χ1) is 36.8. The molecule has 0 spiro atoms. The molecular formula is C50H48F2N20O4. The Hall–Kier alpha value is -9.56. The number of nitrogens with two attached hydrogens (primary N) is 4. The fraction of sp³-hybridized carbons (Fsp3) is 0.240. The summed E-state index contributed by atoms with van der Waals surface area (Å²) in [5, 5.41) is 5.57. The number of carbonyl (C=O) groups is 2. The predicted molar refractivity (Wildman–Crippen MR) is 281 cm³/mol. The molecule has 1 saturated carbocycles. The van der Waals surface area contributed by atoms with Crippen molar-refractivity contribution in [2.75, 3.05) is 96.0 Å². The molecular weight excluding hydrogens is 983 g/mol. The lowest BCUT2D eigenvalue weighted by molar-refractivity contribution is -0.117. The van der Waals surface area contributed by atoms with Gasteiger partial charge in [0.05, 0.1) is 62.1 Å². The van der Waals surface area contributed by atoms with Crippen LogP contribution in [0.4, 0.5) is 55.5 Å². The summed E-state index contributed by atoms with van der Waals surface area (Å²) in [5.41, 5.74) is 30.0. The van der Waals surface area contributed by atoms with Crippen LogP contribution in [0.25, 0.3) is 67.3 Å². The maximum atomic E-state index is 13.7. The molecule has 3 aromatic carbocycles. The molecule has 3 aliphatic rings. The van der Waals surface area contributed by atoms with Crippen LogP contribution in [0.15, 0.2) is 85.3 Å². The molecule has 2 aliphatic heterocycles. The van der Waals surface area contributed by atoms with Crippen molar-refractivity contribution in [1.29, 1.82) is 0 Å². The summed E-state index contributed by atoms with van der Waals surface area (Å²) in [6.45, 7) is 6.67. The Balaban J connectivity index is 0.000000132. The first-order valence-corrected chi connectivity index (χ1v) is 23.9. The lowest BCUT2D eigenvalue weighted by Crippen LogP contribution is -2.37. The van der Waals surface area contributed by atoms with E-state index in [4.69, 9.17) is 42.4 Å². The third-order valence-electron chi connectivity index (χ3n) is 12.0. The molecule has 12 rings (SSSR count). The van der Waals surface area contributed by atoms with Crippen LogP contribution >= 0.6 is 0 Å². The highest BCUT2D eigenvalue weighted by Gasteiger charge is 2.29. The van der Waals surface area contributed by atoms with E-state index in [-0.39, 0.29) is 63.8 Å². The first kappa shape index (κ1) is 50.0. The van der Waals surface area contributed by atoms with Crippen LogP contribution in [-0.2, 0) is 19.1 Å². The maximum absolute atomic E-state index is 13.7. The minimum Gasteiger partial charge on any atom is -0.399 e. The smallest absolute Gasteiger partial charge is 0.233 e. The molecule has 386 valence electrons. The highest BCUT2D eigenvalue weighted by molar-refractivity contribution is 5.94. The minimum atomic E-state index is -1.00. The number of amides is 2. The number of aromatic nitrogens is 12. The standard InChI is InChI=1S/C20H21N7O2.C18H19N7O2.C12H8F2N6/c21-20-25-17-16(18(26-20)27-7-9-29-10-8-27)24-15(11-22-17)12-3-5-14(6-4-12)23-19(28)13-1-2-13;1-11(26)21-18-23-16-15(17(24-18)25-6-8-27-9-7-25)22-14(10-20-16)12-2-4-13(19)5-3-12;13-6-3-1-2-5(8(6)14)7-4-17-11-9(18-7)10(15)19-12(16)20-11/h3-6,11,13H,1-2,7-10H2,(H,23,28)(H2,21,22,25,26);2-5,10H,6-9,19H2,1H3,(H,20,21,23,24,26);1-4H,(H4,15,16,17,19,20). The molecule has 1 aliphatic carbocycles. The van der Waals surface area contributed by atoms with Gasteiger partial charge in [-0.2, -0.15) is 29.9 Å². The normalized spacial score (nSPS) is 14.4. The Labute approximate surface area is 430 Å². The summed E-state index contributed by atoms with van der Waals surface area (Å²) in [6, 6.07) is 18.8. The van der Waals surface area contributed by atoms with Crippen LogP contribution < -0.4 is 43.4 Å². The largest absolute Gasteiger partial charge is 0.399 e. The third kappa shape index (κ3) is 11.5. The summed E-state index contributed by atoms with van der Waals surface area (Å²) in [6.07, 6.45) is 6.56. The summed E-state index contributed by atoms with van der Waals surface area (Å²) in [4.78, 5) is 79.1. The molecule has 0 bridgehead atoms. The highest BCUT2D eigenvalue weighted by atomic mass is 19.2. The summed E-state index contributed by atoms with van der Waals surface area (Å²) >= 11 is 0. The van der Waals surface area contributed by atoms with E-state index < -0.39 is 11.6 Å². The zero-order chi connectivity index (χ0) is 52.9. The lowest BCUT2D eigenvalue weighted by Gasteiger charge is -2.28. The van der Waals surface area contributed by atoms with E-state index in [1.165, 1.54) is 25.3 Å².